The van der Waals surface area contributed by atoms with E-state index in [2.05, 4.69) is 23.0 Å². The monoisotopic (exact) mass is 314 g/mol. The van der Waals surface area contributed by atoms with Gasteiger partial charge in [-0.2, -0.15) is 0 Å². The molecule has 0 amide bonds. The number of aromatic amines is 1. The second-order valence-electron chi connectivity index (χ2n) is 5.84. The van der Waals surface area contributed by atoms with E-state index in [1.807, 2.05) is 12.3 Å². The molecule has 5 heteroatoms. The summed E-state index contributed by atoms with van der Waals surface area (Å²) in [5.41, 5.74) is 3.96. The summed E-state index contributed by atoms with van der Waals surface area (Å²) >= 11 is 0. The van der Waals surface area contributed by atoms with Crippen molar-refractivity contribution >= 4 is 23.5 Å². The third kappa shape index (κ3) is 2.55. The number of pyridine rings is 1. The predicted molar refractivity (Wildman–Crippen MR) is 91.7 cm³/mol. The van der Waals surface area contributed by atoms with Crippen LogP contribution in [0.4, 0.5) is 0 Å². The zero-order valence-electron chi connectivity index (χ0n) is 12.9. The van der Waals surface area contributed by atoms with Crippen LogP contribution >= 0.6 is 7.14 Å². The van der Waals surface area contributed by atoms with Gasteiger partial charge < -0.3 is 14.7 Å². The van der Waals surface area contributed by atoms with Gasteiger partial charge in [-0.1, -0.05) is 13.0 Å². The van der Waals surface area contributed by atoms with Gasteiger partial charge in [0.25, 0.3) is 0 Å². The van der Waals surface area contributed by atoms with E-state index in [0.717, 1.165) is 28.6 Å². The zero-order chi connectivity index (χ0) is 15.9. The Labute approximate surface area is 129 Å². The average molecular weight is 314 g/mol. The molecule has 1 aromatic carbocycles. The molecule has 2 aromatic heterocycles. The van der Waals surface area contributed by atoms with Gasteiger partial charge in [-0.05, 0) is 49.1 Å². The van der Waals surface area contributed by atoms with E-state index in [0.29, 0.717) is 5.30 Å². The number of phenols is 1. The first-order valence-electron chi connectivity index (χ1n) is 7.25. The number of aryl methyl sites for hydroxylation is 1. The lowest BCUT2D eigenvalue weighted by molar-refractivity contribution is 0.479. The van der Waals surface area contributed by atoms with Crippen molar-refractivity contribution in [1.29, 1.82) is 0 Å². The van der Waals surface area contributed by atoms with Crippen molar-refractivity contribution in [3.63, 3.8) is 0 Å². The molecule has 114 valence electrons. The van der Waals surface area contributed by atoms with Gasteiger partial charge >= 0.3 is 0 Å². The van der Waals surface area contributed by atoms with Crippen molar-refractivity contribution in [3.8, 4) is 16.9 Å². The number of rotatable bonds is 3. The maximum absolute atomic E-state index is 12.3. The summed E-state index contributed by atoms with van der Waals surface area (Å²) in [6, 6.07) is 7.32. The molecule has 0 aliphatic rings. The van der Waals surface area contributed by atoms with Gasteiger partial charge in [0.1, 0.15) is 18.5 Å². The molecule has 0 radical (unpaired) electrons. The Morgan fingerprint density at radius 2 is 2.00 bits per heavy atom. The van der Waals surface area contributed by atoms with E-state index in [-0.39, 0.29) is 5.75 Å². The van der Waals surface area contributed by atoms with Crippen molar-refractivity contribution in [3.05, 3.63) is 42.2 Å². The van der Waals surface area contributed by atoms with Crippen LogP contribution < -0.4 is 5.30 Å². The zero-order valence-corrected chi connectivity index (χ0v) is 13.8. The maximum Gasteiger partial charge on any atom is 0.137 e. The number of nitrogens with zero attached hydrogens (tertiary/aromatic N) is 1. The van der Waals surface area contributed by atoms with E-state index in [4.69, 9.17) is 0 Å². The Hall–Kier alpha value is -2.06. The van der Waals surface area contributed by atoms with Crippen molar-refractivity contribution in [2.24, 2.45) is 0 Å². The van der Waals surface area contributed by atoms with Crippen LogP contribution in [-0.2, 0) is 11.0 Å². The number of aromatic hydroxyl groups is 1. The van der Waals surface area contributed by atoms with Crippen LogP contribution in [-0.4, -0.2) is 28.4 Å². The van der Waals surface area contributed by atoms with Crippen LogP contribution in [0.3, 0.4) is 0 Å². The topological polar surface area (TPSA) is 66.0 Å². The van der Waals surface area contributed by atoms with Crippen LogP contribution in [0.1, 0.15) is 12.5 Å². The molecule has 0 spiro atoms. The summed E-state index contributed by atoms with van der Waals surface area (Å²) in [4.78, 5) is 7.62. The Morgan fingerprint density at radius 3 is 2.68 bits per heavy atom. The quantitative estimate of drug-likeness (QED) is 0.724. The summed E-state index contributed by atoms with van der Waals surface area (Å²) in [6.45, 7) is 5.43. The van der Waals surface area contributed by atoms with Crippen molar-refractivity contribution in [1.82, 2.24) is 9.97 Å². The molecular weight excluding hydrogens is 295 g/mol. The SMILES string of the molecule is CCc1c[nH]c2ncc(-c3ccc(O)c(P(C)(C)=O)c3)cc12. The molecular formula is C17H19N2O2P. The van der Waals surface area contributed by atoms with Crippen LogP contribution in [0.15, 0.2) is 36.7 Å². The second kappa shape index (κ2) is 5.29. The smallest absolute Gasteiger partial charge is 0.137 e. The predicted octanol–water partition coefficient (Wildman–Crippen LogP) is 3.75. The van der Waals surface area contributed by atoms with Crippen molar-refractivity contribution in [2.75, 3.05) is 13.3 Å². The number of H-pyrrole nitrogens is 1. The second-order valence-corrected chi connectivity index (χ2v) is 9.03. The first-order chi connectivity index (χ1) is 10.4. The Bertz CT molecular complexity index is 893. The molecule has 3 aromatic rings. The molecule has 3 rings (SSSR count). The van der Waals surface area contributed by atoms with E-state index in [1.165, 1.54) is 5.56 Å². The molecule has 0 unspecified atom stereocenters. The molecule has 22 heavy (non-hydrogen) atoms. The third-order valence-corrected chi connectivity index (χ3v) is 5.41. The Kier molecular flexibility index (Phi) is 3.57. The largest absolute Gasteiger partial charge is 0.507 e. The minimum atomic E-state index is -2.53. The van der Waals surface area contributed by atoms with Crippen LogP contribution in [0.2, 0.25) is 0 Å². The summed E-state index contributed by atoms with van der Waals surface area (Å²) < 4.78 is 12.3. The van der Waals surface area contributed by atoms with E-state index >= 15 is 0 Å². The highest BCUT2D eigenvalue weighted by molar-refractivity contribution is 7.70. The molecule has 2 heterocycles. The van der Waals surface area contributed by atoms with Crippen LogP contribution in [0, 0.1) is 0 Å². The number of phenolic OH excluding ortho intramolecular Hbond substituents is 1. The lowest BCUT2D eigenvalue weighted by Crippen LogP contribution is -2.04. The summed E-state index contributed by atoms with van der Waals surface area (Å²) in [5, 5.41) is 11.6. The van der Waals surface area contributed by atoms with Crippen molar-refractivity contribution < 1.29 is 9.67 Å². The van der Waals surface area contributed by atoms with E-state index < -0.39 is 7.14 Å². The van der Waals surface area contributed by atoms with Gasteiger partial charge in [-0.3, -0.25) is 0 Å². The Morgan fingerprint density at radius 1 is 1.23 bits per heavy atom. The van der Waals surface area contributed by atoms with Gasteiger partial charge in [-0.25, -0.2) is 4.98 Å². The fraction of sp³-hybridized carbons (Fsp3) is 0.235. The number of hydrogen-bond donors (Lipinski definition) is 2. The first-order valence-corrected chi connectivity index (χ1v) is 9.85. The molecule has 0 saturated heterocycles. The minimum Gasteiger partial charge on any atom is -0.507 e. The molecule has 0 aliphatic heterocycles. The third-order valence-electron chi connectivity index (χ3n) is 3.89. The fourth-order valence-corrected chi connectivity index (χ4v) is 3.72. The normalized spacial score (nSPS) is 12.0. The highest BCUT2D eigenvalue weighted by Gasteiger charge is 2.17. The fourth-order valence-electron chi connectivity index (χ4n) is 2.64. The summed E-state index contributed by atoms with van der Waals surface area (Å²) in [7, 11) is -2.53. The maximum atomic E-state index is 12.3. The lowest BCUT2D eigenvalue weighted by atomic mass is 10.0. The van der Waals surface area contributed by atoms with Crippen LogP contribution in [0.25, 0.3) is 22.2 Å². The number of fused-ring (bicyclic) bond motifs is 1. The van der Waals surface area contributed by atoms with Gasteiger partial charge in [0.05, 0.1) is 5.30 Å². The minimum absolute atomic E-state index is 0.0852. The number of hydrogen-bond acceptors (Lipinski definition) is 3. The van der Waals surface area contributed by atoms with E-state index in [9.17, 15) is 9.67 Å². The molecule has 4 nitrogen and oxygen atoms in total. The van der Waals surface area contributed by atoms with Gasteiger partial charge in [0.15, 0.2) is 0 Å². The summed E-state index contributed by atoms with van der Waals surface area (Å²) in [5.74, 6) is 0.0852. The van der Waals surface area contributed by atoms with E-state index in [1.54, 1.807) is 31.7 Å². The lowest BCUT2D eigenvalue weighted by Gasteiger charge is -2.11. The summed E-state index contributed by atoms with van der Waals surface area (Å²) in [6.07, 6.45) is 4.71. The first kappa shape index (κ1) is 14.9. The highest BCUT2D eigenvalue weighted by Crippen LogP contribution is 2.39. The van der Waals surface area contributed by atoms with Gasteiger partial charge in [0, 0.05) is 23.3 Å². The van der Waals surface area contributed by atoms with Gasteiger partial charge in [-0.15, -0.1) is 0 Å². The number of nitrogens with one attached hydrogen (secondary N) is 1. The molecule has 0 saturated carbocycles. The Balaban J connectivity index is 2.17. The highest BCUT2D eigenvalue weighted by atomic mass is 31.2. The average Bonchev–Trinajstić information content (AvgIpc) is 2.88. The standard InChI is InChI=1S/C17H19N2O2P/c1-4-11-9-18-17-14(11)7-13(10-19-17)12-5-6-15(20)16(8-12)22(2,3)21/h5-10,20H,4H2,1-3H3,(H,18,19). The number of aromatic nitrogens is 2. The molecule has 0 bridgehead atoms. The molecule has 0 fully saturated rings. The molecule has 0 aliphatic carbocycles. The van der Waals surface area contributed by atoms with Crippen LogP contribution in [0.5, 0.6) is 5.75 Å². The molecule has 2 N–H and O–H groups in total. The van der Waals surface area contributed by atoms with Gasteiger partial charge in [0.2, 0.25) is 0 Å². The number of benzene rings is 1. The van der Waals surface area contributed by atoms with Crippen molar-refractivity contribution in [2.45, 2.75) is 13.3 Å². The molecule has 0 atom stereocenters.